The van der Waals surface area contributed by atoms with Crippen LogP contribution in [0.1, 0.15) is 13.8 Å². The van der Waals surface area contributed by atoms with Gasteiger partial charge in [-0.3, -0.25) is 0 Å². The average Bonchev–Trinajstić information content (AvgIpc) is 1.97. The maximum Gasteiger partial charge on any atom is 0.0690 e. The fourth-order valence-corrected chi connectivity index (χ4v) is 0.615. The predicted molar refractivity (Wildman–Crippen MR) is 52.4 cm³/mol. The van der Waals surface area contributed by atoms with Gasteiger partial charge in [0.05, 0.1) is 11.6 Å². The molecule has 0 aliphatic rings. The van der Waals surface area contributed by atoms with Crippen LogP contribution in [0.2, 0.25) is 0 Å². The van der Waals surface area contributed by atoms with Gasteiger partial charge in [0.1, 0.15) is 0 Å². The summed E-state index contributed by atoms with van der Waals surface area (Å²) in [5.74, 6) is 1.85. The van der Waals surface area contributed by atoms with E-state index in [-0.39, 0.29) is 0 Å². The summed E-state index contributed by atoms with van der Waals surface area (Å²) in [5, 5.41) is 7.65. The minimum Gasteiger partial charge on any atom is -0.155 e. The van der Waals surface area contributed by atoms with Crippen LogP contribution in [0.25, 0.3) is 0 Å². The van der Waals surface area contributed by atoms with Crippen LogP contribution in [0, 0.1) is 5.92 Å². The van der Waals surface area contributed by atoms with Gasteiger partial charge in [-0.15, -0.1) is 0 Å². The van der Waals surface area contributed by atoms with Gasteiger partial charge in [-0.25, -0.2) is 0 Å². The Labute approximate surface area is 69.9 Å². The Bertz CT molecular complexity index is 192. The molecule has 2 nitrogen and oxygen atoms in total. The van der Waals surface area contributed by atoms with Crippen LogP contribution in [0.5, 0.6) is 0 Å². The first-order valence-electron chi connectivity index (χ1n) is 3.44. The highest BCUT2D eigenvalue weighted by Crippen LogP contribution is 2.10. The molecule has 0 spiro atoms. The fraction of sp³-hybridized carbons (Fsp3) is 0.375. The van der Waals surface area contributed by atoms with E-state index in [0.29, 0.717) is 5.92 Å². The summed E-state index contributed by atoms with van der Waals surface area (Å²) in [6, 6.07) is 0. The summed E-state index contributed by atoms with van der Waals surface area (Å²) in [6.45, 7) is 7.71. The van der Waals surface area contributed by atoms with E-state index >= 15 is 0 Å². The van der Waals surface area contributed by atoms with Crippen molar-refractivity contribution >= 4 is 14.8 Å². The molecule has 0 aromatic heterocycles. The largest absolute Gasteiger partial charge is 0.155 e. The Morgan fingerprint density at radius 3 is 2.55 bits per heavy atom. The summed E-state index contributed by atoms with van der Waals surface area (Å²) in [4.78, 5) is 0. The normalized spacial score (nSPS) is 12.5. The quantitative estimate of drug-likeness (QED) is 0.350. The molecule has 11 heavy (non-hydrogen) atoms. The molecule has 60 valence electrons. The number of hydrogen-bond acceptors (Lipinski definition) is 1. The monoisotopic (exact) mass is 168 g/mol. The standard InChI is InChI=1S/C8H13N2P/c1-4-5-8(7(2)3)10-9-6-11/h4-7,11H,1H2,2-3H3/b8-5-,10-9?. The number of allylic oxidation sites excluding steroid dienone is 3. The molecule has 0 aromatic rings. The van der Waals surface area contributed by atoms with Crippen molar-refractivity contribution in [2.75, 3.05) is 0 Å². The topological polar surface area (TPSA) is 24.7 Å². The maximum absolute atomic E-state index is 3.94. The van der Waals surface area contributed by atoms with E-state index < -0.39 is 0 Å². The number of hydrogen-bond donors (Lipinski definition) is 0. The summed E-state index contributed by atoms with van der Waals surface area (Å²) in [5.41, 5.74) is 0.925. The van der Waals surface area contributed by atoms with Crippen LogP contribution in [0.15, 0.2) is 34.7 Å². The van der Waals surface area contributed by atoms with Crippen molar-refractivity contribution in [3.05, 3.63) is 24.4 Å². The molecule has 0 bridgehead atoms. The van der Waals surface area contributed by atoms with E-state index in [4.69, 9.17) is 0 Å². The van der Waals surface area contributed by atoms with E-state index in [1.165, 1.54) is 5.92 Å². The van der Waals surface area contributed by atoms with E-state index in [1.54, 1.807) is 6.08 Å². The van der Waals surface area contributed by atoms with Crippen LogP contribution in [-0.4, -0.2) is 5.92 Å². The SMILES string of the molecule is C=C/C=C(\N=NC=P)C(C)C. The zero-order chi connectivity index (χ0) is 8.69. The van der Waals surface area contributed by atoms with Crippen LogP contribution in [0.4, 0.5) is 0 Å². The third-order valence-corrected chi connectivity index (χ3v) is 1.23. The Morgan fingerprint density at radius 2 is 2.18 bits per heavy atom. The van der Waals surface area contributed by atoms with Gasteiger partial charge in [0.25, 0.3) is 0 Å². The molecule has 0 rings (SSSR count). The van der Waals surface area contributed by atoms with E-state index in [2.05, 4.69) is 39.5 Å². The third kappa shape index (κ3) is 4.63. The van der Waals surface area contributed by atoms with E-state index in [1.807, 2.05) is 6.08 Å². The van der Waals surface area contributed by atoms with E-state index in [9.17, 15) is 0 Å². The smallest absolute Gasteiger partial charge is 0.0690 e. The number of nitrogens with zero attached hydrogens (tertiary/aromatic N) is 2. The lowest BCUT2D eigenvalue weighted by Crippen LogP contribution is -1.88. The number of azo groups is 1. The molecule has 0 fully saturated rings. The van der Waals surface area contributed by atoms with Gasteiger partial charge in [0.15, 0.2) is 0 Å². The van der Waals surface area contributed by atoms with E-state index in [0.717, 1.165) is 5.70 Å². The van der Waals surface area contributed by atoms with Gasteiger partial charge >= 0.3 is 0 Å². The van der Waals surface area contributed by atoms with Crippen molar-refractivity contribution in [2.24, 2.45) is 16.1 Å². The van der Waals surface area contributed by atoms with Gasteiger partial charge in [0, 0.05) is 0 Å². The molecule has 0 heterocycles. The predicted octanol–water partition coefficient (Wildman–Crippen LogP) is 3.07. The highest BCUT2D eigenvalue weighted by Gasteiger charge is 1.98. The Balaban J connectivity index is 4.34. The minimum atomic E-state index is 0.378. The molecule has 0 N–H and O–H groups in total. The fourth-order valence-electron chi connectivity index (χ4n) is 0.558. The second kappa shape index (κ2) is 5.99. The highest BCUT2D eigenvalue weighted by molar-refractivity contribution is 7.18. The molecular weight excluding hydrogens is 155 g/mol. The first-order valence-corrected chi connectivity index (χ1v) is 4.02. The molecule has 0 atom stereocenters. The third-order valence-electron chi connectivity index (χ3n) is 1.11. The van der Waals surface area contributed by atoms with Crippen LogP contribution in [-0.2, 0) is 0 Å². The second-order valence-corrected chi connectivity index (χ2v) is 2.58. The molecule has 3 heteroatoms. The Hall–Kier alpha value is -0.750. The van der Waals surface area contributed by atoms with Crippen molar-refractivity contribution in [1.29, 1.82) is 0 Å². The average molecular weight is 168 g/mol. The summed E-state index contributed by atoms with van der Waals surface area (Å²) >= 11 is 0. The van der Waals surface area contributed by atoms with Gasteiger partial charge < -0.3 is 0 Å². The van der Waals surface area contributed by atoms with Gasteiger partial charge in [0.2, 0.25) is 0 Å². The lowest BCUT2D eigenvalue weighted by molar-refractivity contribution is 0.745. The van der Waals surface area contributed by atoms with Gasteiger partial charge in [-0.2, -0.15) is 10.2 Å². The van der Waals surface area contributed by atoms with Gasteiger partial charge in [-0.1, -0.05) is 35.4 Å². The lowest BCUT2D eigenvalue weighted by Gasteiger charge is -2.00. The van der Waals surface area contributed by atoms with Crippen LogP contribution in [0.3, 0.4) is 0 Å². The summed E-state index contributed by atoms with van der Waals surface area (Å²) in [7, 11) is 3.08. The van der Waals surface area contributed by atoms with Gasteiger partial charge in [-0.05, 0) is 12.0 Å². The number of rotatable bonds is 4. The zero-order valence-electron chi connectivity index (χ0n) is 6.91. The Morgan fingerprint density at radius 1 is 1.55 bits per heavy atom. The molecular formula is C8H13N2P. The molecule has 0 unspecified atom stereocenters. The summed E-state index contributed by atoms with van der Waals surface area (Å²) < 4.78 is 0. The summed E-state index contributed by atoms with van der Waals surface area (Å²) in [6.07, 6.45) is 3.56. The van der Waals surface area contributed by atoms with Crippen molar-refractivity contribution in [1.82, 2.24) is 0 Å². The molecule has 0 saturated heterocycles. The molecule has 0 aromatic carbocycles. The molecule has 0 radical (unpaired) electrons. The van der Waals surface area contributed by atoms with Crippen molar-refractivity contribution < 1.29 is 0 Å². The first kappa shape index (κ1) is 10.2. The lowest BCUT2D eigenvalue weighted by atomic mass is 10.1. The van der Waals surface area contributed by atoms with Crippen molar-refractivity contribution in [3.8, 4) is 0 Å². The maximum atomic E-state index is 3.94. The first-order chi connectivity index (χ1) is 5.22. The molecule has 0 aliphatic carbocycles. The van der Waals surface area contributed by atoms with Crippen molar-refractivity contribution in [3.63, 3.8) is 0 Å². The van der Waals surface area contributed by atoms with Crippen molar-refractivity contribution in [2.45, 2.75) is 13.8 Å². The zero-order valence-corrected chi connectivity index (χ0v) is 7.91. The molecule has 0 saturated carbocycles. The van der Waals surface area contributed by atoms with Crippen LogP contribution < -0.4 is 0 Å². The van der Waals surface area contributed by atoms with Crippen LogP contribution >= 0.6 is 8.86 Å². The highest BCUT2D eigenvalue weighted by atomic mass is 31.0. The molecule has 0 aliphatic heterocycles. The minimum absolute atomic E-state index is 0.378. The molecule has 0 amide bonds. The Kier molecular flexibility index (Phi) is 5.58. The second-order valence-electron chi connectivity index (χ2n) is 2.33.